The van der Waals surface area contributed by atoms with Crippen LogP contribution in [0.15, 0.2) is 23.9 Å². The van der Waals surface area contributed by atoms with Gasteiger partial charge in [-0.2, -0.15) is 0 Å². The van der Waals surface area contributed by atoms with E-state index in [2.05, 4.69) is 42.2 Å². The lowest BCUT2D eigenvalue weighted by Gasteiger charge is -2.25. The van der Waals surface area contributed by atoms with Crippen molar-refractivity contribution in [2.45, 2.75) is 18.9 Å². The quantitative estimate of drug-likeness (QED) is 0.600. The van der Waals surface area contributed by atoms with Gasteiger partial charge in [0.05, 0.1) is 0 Å². The van der Waals surface area contributed by atoms with Gasteiger partial charge in [-0.1, -0.05) is 12.2 Å². The molecule has 2 nitrogen and oxygen atoms in total. The molecule has 0 amide bonds. The molecule has 0 radical (unpaired) electrons. The fourth-order valence-corrected chi connectivity index (χ4v) is 2.23. The summed E-state index contributed by atoms with van der Waals surface area (Å²) in [4.78, 5) is 4.71. The van der Waals surface area contributed by atoms with Crippen molar-refractivity contribution in [3.63, 3.8) is 0 Å². The number of nitrogens with zero attached hydrogens (tertiary/aromatic N) is 2. The van der Waals surface area contributed by atoms with Crippen LogP contribution in [0, 0.1) is 0 Å². The summed E-state index contributed by atoms with van der Waals surface area (Å²) in [6.45, 7) is 2.31. The van der Waals surface area contributed by atoms with E-state index < -0.39 is 0 Å². The lowest BCUT2D eigenvalue weighted by molar-refractivity contribution is 0.342. The van der Waals surface area contributed by atoms with E-state index in [1.165, 1.54) is 25.0 Å². The fraction of sp³-hybridized carbons (Fsp3) is 0.636. The molecule has 1 atom stereocenters. The van der Waals surface area contributed by atoms with Gasteiger partial charge in [0.1, 0.15) is 0 Å². The molecule has 1 saturated heterocycles. The molecule has 0 bridgehead atoms. The summed E-state index contributed by atoms with van der Waals surface area (Å²) < 4.78 is 0. The van der Waals surface area contributed by atoms with E-state index in [0.717, 1.165) is 6.54 Å². The second kappa shape index (κ2) is 3.54. The molecule has 2 heteroatoms. The Morgan fingerprint density at radius 3 is 2.85 bits per heavy atom. The lowest BCUT2D eigenvalue weighted by Crippen LogP contribution is -2.28. The second-order valence-electron chi connectivity index (χ2n) is 4.11. The maximum absolute atomic E-state index is 2.45. The van der Waals surface area contributed by atoms with Crippen molar-refractivity contribution in [2.75, 3.05) is 27.2 Å². The Labute approximate surface area is 80.5 Å². The fourth-order valence-electron chi connectivity index (χ4n) is 2.23. The Hall–Kier alpha value is -0.760. The number of hydrogen-bond acceptors (Lipinski definition) is 2. The zero-order valence-corrected chi connectivity index (χ0v) is 8.53. The van der Waals surface area contributed by atoms with E-state index in [9.17, 15) is 0 Å². The van der Waals surface area contributed by atoms with E-state index >= 15 is 0 Å². The van der Waals surface area contributed by atoms with Crippen LogP contribution in [0.4, 0.5) is 0 Å². The molecule has 0 spiro atoms. The summed E-state index contributed by atoms with van der Waals surface area (Å²) in [6.07, 6.45) is 9.48. The molecule has 1 fully saturated rings. The Morgan fingerprint density at radius 1 is 1.38 bits per heavy atom. The van der Waals surface area contributed by atoms with Crippen LogP contribution in [0.2, 0.25) is 0 Å². The van der Waals surface area contributed by atoms with Gasteiger partial charge in [0.25, 0.3) is 0 Å². The Bertz CT molecular complexity index is 242. The van der Waals surface area contributed by atoms with E-state index in [0.29, 0.717) is 6.04 Å². The summed E-state index contributed by atoms with van der Waals surface area (Å²) in [6, 6.07) is 0.666. The monoisotopic (exact) mass is 178 g/mol. The summed E-state index contributed by atoms with van der Waals surface area (Å²) in [7, 11) is 4.36. The Kier molecular flexibility index (Phi) is 2.40. The van der Waals surface area contributed by atoms with Gasteiger partial charge in [0.15, 0.2) is 0 Å². The molecule has 0 saturated carbocycles. The van der Waals surface area contributed by atoms with Gasteiger partial charge < -0.3 is 4.90 Å². The van der Waals surface area contributed by atoms with Crippen LogP contribution < -0.4 is 0 Å². The molecule has 0 aromatic rings. The summed E-state index contributed by atoms with van der Waals surface area (Å²) >= 11 is 0. The molecule has 0 aromatic carbocycles. The first kappa shape index (κ1) is 8.82. The minimum absolute atomic E-state index is 0.666. The van der Waals surface area contributed by atoms with Crippen LogP contribution in [0.1, 0.15) is 12.8 Å². The highest BCUT2D eigenvalue weighted by atomic mass is 15.2. The first-order valence-corrected chi connectivity index (χ1v) is 5.06. The zero-order chi connectivity index (χ0) is 9.26. The van der Waals surface area contributed by atoms with E-state index in [1.54, 1.807) is 0 Å². The van der Waals surface area contributed by atoms with Gasteiger partial charge in [-0.05, 0) is 32.0 Å². The SMILES string of the molecule is CN1C=C([C@@H]2CCCN2C)C=CC1. The predicted octanol–water partition coefficient (Wildman–Crippen LogP) is 1.47. The summed E-state index contributed by atoms with van der Waals surface area (Å²) in [5.74, 6) is 0. The van der Waals surface area contributed by atoms with Crippen LogP contribution in [0.3, 0.4) is 0 Å². The largest absolute Gasteiger partial charge is 0.376 e. The van der Waals surface area contributed by atoms with E-state index in [4.69, 9.17) is 0 Å². The van der Waals surface area contributed by atoms with Gasteiger partial charge in [-0.3, -0.25) is 4.90 Å². The normalized spacial score (nSPS) is 29.5. The molecule has 0 N–H and O–H groups in total. The zero-order valence-electron chi connectivity index (χ0n) is 8.53. The predicted molar refractivity (Wildman–Crippen MR) is 55.5 cm³/mol. The van der Waals surface area contributed by atoms with Crippen LogP contribution in [-0.2, 0) is 0 Å². The molecular formula is C11H18N2. The maximum atomic E-state index is 2.45. The van der Waals surface area contributed by atoms with Gasteiger partial charge in [0.2, 0.25) is 0 Å². The maximum Gasteiger partial charge on any atom is 0.0359 e. The molecule has 2 rings (SSSR count). The topological polar surface area (TPSA) is 6.48 Å². The van der Waals surface area contributed by atoms with Crippen LogP contribution in [0.25, 0.3) is 0 Å². The first-order chi connectivity index (χ1) is 6.27. The Balaban J connectivity index is 2.11. The Morgan fingerprint density at radius 2 is 2.23 bits per heavy atom. The molecular weight excluding hydrogens is 160 g/mol. The van der Waals surface area contributed by atoms with E-state index in [-0.39, 0.29) is 0 Å². The van der Waals surface area contributed by atoms with Gasteiger partial charge in [-0.25, -0.2) is 0 Å². The highest BCUT2D eigenvalue weighted by Gasteiger charge is 2.24. The van der Waals surface area contributed by atoms with Crippen LogP contribution >= 0.6 is 0 Å². The number of hydrogen-bond donors (Lipinski definition) is 0. The first-order valence-electron chi connectivity index (χ1n) is 5.06. The van der Waals surface area contributed by atoms with Crippen molar-refractivity contribution < 1.29 is 0 Å². The minimum atomic E-state index is 0.666. The second-order valence-corrected chi connectivity index (χ2v) is 4.11. The van der Waals surface area contributed by atoms with Crippen molar-refractivity contribution in [3.05, 3.63) is 23.9 Å². The van der Waals surface area contributed by atoms with Gasteiger partial charge >= 0.3 is 0 Å². The highest BCUT2D eigenvalue weighted by Crippen LogP contribution is 2.24. The van der Waals surface area contributed by atoms with Crippen molar-refractivity contribution in [3.8, 4) is 0 Å². The van der Waals surface area contributed by atoms with E-state index in [1.807, 2.05) is 0 Å². The molecule has 0 aromatic heterocycles. The van der Waals surface area contributed by atoms with Gasteiger partial charge in [-0.15, -0.1) is 0 Å². The van der Waals surface area contributed by atoms with Crippen LogP contribution in [0.5, 0.6) is 0 Å². The molecule has 2 aliphatic heterocycles. The third-order valence-corrected chi connectivity index (χ3v) is 2.98. The summed E-state index contributed by atoms with van der Waals surface area (Å²) in [5.41, 5.74) is 1.48. The smallest absolute Gasteiger partial charge is 0.0359 e. The molecule has 13 heavy (non-hydrogen) atoms. The number of likely N-dealkylation sites (tertiary alicyclic amines) is 1. The highest BCUT2D eigenvalue weighted by molar-refractivity contribution is 5.28. The van der Waals surface area contributed by atoms with Crippen molar-refractivity contribution in [1.29, 1.82) is 0 Å². The van der Waals surface area contributed by atoms with Crippen molar-refractivity contribution in [1.82, 2.24) is 9.80 Å². The van der Waals surface area contributed by atoms with Crippen LogP contribution in [-0.4, -0.2) is 43.0 Å². The summed E-state index contributed by atoms with van der Waals surface area (Å²) in [5, 5.41) is 0. The number of rotatable bonds is 1. The molecule has 72 valence electrons. The van der Waals surface area contributed by atoms with Crippen molar-refractivity contribution >= 4 is 0 Å². The molecule has 2 aliphatic rings. The number of likely N-dealkylation sites (N-methyl/N-ethyl adjacent to an activating group) is 2. The average molecular weight is 178 g/mol. The van der Waals surface area contributed by atoms with Gasteiger partial charge in [0, 0.05) is 25.8 Å². The lowest BCUT2D eigenvalue weighted by atomic mass is 10.0. The molecule has 2 heterocycles. The minimum Gasteiger partial charge on any atom is -0.376 e. The van der Waals surface area contributed by atoms with Crippen molar-refractivity contribution in [2.24, 2.45) is 0 Å². The molecule has 0 aliphatic carbocycles. The average Bonchev–Trinajstić information content (AvgIpc) is 2.51. The standard InChI is InChI=1S/C11H18N2/c1-12-7-3-5-10(9-12)11-6-4-8-13(11)2/h3,5,9,11H,4,6-8H2,1-2H3/t11-/m0/s1. The third kappa shape index (κ3) is 1.78. The third-order valence-electron chi connectivity index (χ3n) is 2.98. The molecule has 0 unspecified atom stereocenters.